The van der Waals surface area contributed by atoms with Crippen LogP contribution in [0.3, 0.4) is 0 Å². The fraction of sp³-hybridized carbons (Fsp3) is 0.400. The molecule has 1 fully saturated rings. The summed E-state index contributed by atoms with van der Waals surface area (Å²) in [5.41, 5.74) is 1.77. The van der Waals surface area contributed by atoms with Gasteiger partial charge in [0.1, 0.15) is 5.75 Å². The summed E-state index contributed by atoms with van der Waals surface area (Å²) in [6, 6.07) is 5.66. The molecule has 2 rings (SSSR count). The smallest absolute Gasteiger partial charge is 0.328 e. The Labute approximate surface area is 112 Å². The molecule has 0 radical (unpaired) electrons. The third-order valence-electron chi connectivity index (χ3n) is 3.02. The summed E-state index contributed by atoms with van der Waals surface area (Å²) in [5, 5.41) is 8.66. The highest BCUT2D eigenvalue weighted by Gasteiger charge is 2.21. The van der Waals surface area contributed by atoms with Crippen molar-refractivity contribution in [3.05, 3.63) is 35.4 Å². The predicted molar refractivity (Wildman–Crippen MR) is 72.0 cm³/mol. The van der Waals surface area contributed by atoms with Gasteiger partial charge in [0.25, 0.3) is 0 Å². The minimum atomic E-state index is -0.975. The Kier molecular flexibility index (Phi) is 4.58. The number of aliphatic carboxylic acids is 1. The van der Waals surface area contributed by atoms with Gasteiger partial charge in [0, 0.05) is 18.2 Å². The first-order chi connectivity index (χ1) is 9.19. The maximum Gasteiger partial charge on any atom is 0.328 e. The zero-order valence-electron chi connectivity index (χ0n) is 11.0. The van der Waals surface area contributed by atoms with E-state index >= 15 is 0 Å². The molecule has 102 valence electrons. The van der Waals surface area contributed by atoms with Crippen LogP contribution in [0.15, 0.2) is 24.3 Å². The second-order valence-electron chi connectivity index (χ2n) is 4.71. The molecule has 1 aliphatic carbocycles. The van der Waals surface area contributed by atoms with E-state index < -0.39 is 5.97 Å². The number of benzene rings is 1. The van der Waals surface area contributed by atoms with Crippen LogP contribution >= 0.6 is 0 Å². The van der Waals surface area contributed by atoms with E-state index in [0.717, 1.165) is 29.7 Å². The van der Waals surface area contributed by atoms with Gasteiger partial charge in [0.2, 0.25) is 0 Å². The standard InChI is InChI=1S/C15H18O4/c1-18-14-6-4-12(10-19-9-11-2-3-11)8-13(14)5-7-15(16)17/h4-8,11H,2-3,9-10H2,1H3,(H,16,17). The lowest BCUT2D eigenvalue weighted by molar-refractivity contribution is -0.131. The van der Waals surface area contributed by atoms with Crippen molar-refractivity contribution in [2.24, 2.45) is 5.92 Å². The maximum atomic E-state index is 10.6. The van der Waals surface area contributed by atoms with Crippen molar-refractivity contribution in [3.63, 3.8) is 0 Å². The van der Waals surface area contributed by atoms with Crippen LogP contribution in [-0.2, 0) is 16.1 Å². The second-order valence-corrected chi connectivity index (χ2v) is 4.71. The van der Waals surface area contributed by atoms with Crippen LogP contribution < -0.4 is 4.74 Å². The van der Waals surface area contributed by atoms with Gasteiger partial charge in [-0.3, -0.25) is 0 Å². The number of carbonyl (C=O) groups is 1. The second kappa shape index (κ2) is 6.38. The molecule has 0 spiro atoms. The van der Waals surface area contributed by atoms with Gasteiger partial charge in [0.15, 0.2) is 0 Å². The average molecular weight is 262 g/mol. The largest absolute Gasteiger partial charge is 0.496 e. The molecular formula is C15H18O4. The van der Waals surface area contributed by atoms with E-state index in [1.807, 2.05) is 18.2 Å². The first-order valence-corrected chi connectivity index (χ1v) is 6.34. The lowest BCUT2D eigenvalue weighted by atomic mass is 10.1. The van der Waals surface area contributed by atoms with Gasteiger partial charge < -0.3 is 14.6 Å². The summed E-state index contributed by atoms with van der Waals surface area (Å²) >= 11 is 0. The van der Waals surface area contributed by atoms with E-state index in [1.54, 1.807) is 7.11 Å². The predicted octanol–water partition coefficient (Wildman–Crippen LogP) is 2.72. The van der Waals surface area contributed by atoms with Crippen molar-refractivity contribution in [2.75, 3.05) is 13.7 Å². The molecular weight excluding hydrogens is 244 g/mol. The van der Waals surface area contributed by atoms with Crippen molar-refractivity contribution in [1.29, 1.82) is 0 Å². The minimum Gasteiger partial charge on any atom is -0.496 e. The zero-order chi connectivity index (χ0) is 13.7. The Morgan fingerprint density at radius 2 is 2.26 bits per heavy atom. The van der Waals surface area contributed by atoms with Crippen LogP contribution in [0.1, 0.15) is 24.0 Å². The highest BCUT2D eigenvalue weighted by Crippen LogP contribution is 2.29. The fourth-order valence-electron chi connectivity index (χ4n) is 1.79. The summed E-state index contributed by atoms with van der Waals surface area (Å²) in [6.45, 7) is 1.36. The number of rotatable bonds is 7. The van der Waals surface area contributed by atoms with Gasteiger partial charge in [-0.1, -0.05) is 6.07 Å². The van der Waals surface area contributed by atoms with Gasteiger partial charge >= 0.3 is 5.97 Å². The number of hydrogen-bond acceptors (Lipinski definition) is 3. The van der Waals surface area contributed by atoms with Crippen LogP contribution in [0.25, 0.3) is 6.08 Å². The molecule has 0 unspecified atom stereocenters. The Morgan fingerprint density at radius 3 is 2.89 bits per heavy atom. The van der Waals surface area contributed by atoms with Crippen molar-refractivity contribution < 1.29 is 19.4 Å². The third-order valence-corrected chi connectivity index (χ3v) is 3.02. The van der Waals surface area contributed by atoms with Crippen molar-refractivity contribution in [3.8, 4) is 5.75 Å². The quantitative estimate of drug-likeness (QED) is 0.768. The number of carboxylic acids is 1. The van der Waals surface area contributed by atoms with E-state index in [0.29, 0.717) is 12.4 Å². The SMILES string of the molecule is COc1ccc(COCC2CC2)cc1C=CC(=O)O. The zero-order valence-corrected chi connectivity index (χ0v) is 11.0. The Hall–Kier alpha value is -1.81. The molecule has 0 amide bonds. The molecule has 19 heavy (non-hydrogen) atoms. The molecule has 1 saturated carbocycles. The molecule has 1 aromatic carbocycles. The molecule has 1 aliphatic rings. The third kappa shape index (κ3) is 4.41. The molecule has 0 aliphatic heterocycles. The molecule has 4 nitrogen and oxygen atoms in total. The lowest BCUT2D eigenvalue weighted by Gasteiger charge is -2.08. The number of ether oxygens (including phenoxy) is 2. The first kappa shape index (κ1) is 13.6. The van der Waals surface area contributed by atoms with E-state index in [1.165, 1.54) is 18.9 Å². The fourth-order valence-corrected chi connectivity index (χ4v) is 1.79. The Morgan fingerprint density at radius 1 is 1.47 bits per heavy atom. The molecule has 1 aromatic rings. The van der Waals surface area contributed by atoms with Gasteiger partial charge in [0.05, 0.1) is 13.7 Å². The number of hydrogen-bond donors (Lipinski definition) is 1. The number of carboxylic acid groups (broad SMARTS) is 1. The van der Waals surface area contributed by atoms with Crippen LogP contribution in [-0.4, -0.2) is 24.8 Å². The molecule has 0 atom stereocenters. The van der Waals surface area contributed by atoms with E-state index in [4.69, 9.17) is 14.6 Å². The summed E-state index contributed by atoms with van der Waals surface area (Å²) in [4.78, 5) is 10.6. The van der Waals surface area contributed by atoms with Crippen LogP contribution in [0.4, 0.5) is 0 Å². The monoisotopic (exact) mass is 262 g/mol. The molecule has 0 aromatic heterocycles. The van der Waals surface area contributed by atoms with Gasteiger partial charge in [-0.25, -0.2) is 4.79 Å². The summed E-state index contributed by atoms with van der Waals surface area (Å²) < 4.78 is 10.8. The van der Waals surface area contributed by atoms with Crippen LogP contribution in [0, 0.1) is 5.92 Å². The maximum absolute atomic E-state index is 10.6. The first-order valence-electron chi connectivity index (χ1n) is 6.34. The van der Waals surface area contributed by atoms with Crippen molar-refractivity contribution in [1.82, 2.24) is 0 Å². The van der Waals surface area contributed by atoms with E-state index in [2.05, 4.69) is 0 Å². The highest BCUT2D eigenvalue weighted by molar-refractivity contribution is 5.85. The van der Waals surface area contributed by atoms with Crippen LogP contribution in [0.2, 0.25) is 0 Å². The highest BCUT2D eigenvalue weighted by atomic mass is 16.5. The van der Waals surface area contributed by atoms with Gasteiger partial charge in [-0.2, -0.15) is 0 Å². The van der Waals surface area contributed by atoms with Crippen LogP contribution in [0.5, 0.6) is 5.75 Å². The Balaban J connectivity index is 2.02. The van der Waals surface area contributed by atoms with E-state index in [-0.39, 0.29) is 0 Å². The topological polar surface area (TPSA) is 55.8 Å². The summed E-state index contributed by atoms with van der Waals surface area (Å²) in [6.07, 6.45) is 5.18. The summed E-state index contributed by atoms with van der Waals surface area (Å²) in [7, 11) is 1.57. The number of methoxy groups -OCH3 is 1. The lowest BCUT2D eigenvalue weighted by Crippen LogP contribution is -1.98. The Bertz CT molecular complexity index is 475. The van der Waals surface area contributed by atoms with E-state index in [9.17, 15) is 4.79 Å². The van der Waals surface area contributed by atoms with Gasteiger partial charge in [-0.15, -0.1) is 0 Å². The molecule has 1 N–H and O–H groups in total. The average Bonchev–Trinajstić information content (AvgIpc) is 3.20. The van der Waals surface area contributed by atoms with Crippen molar-refractivity contribution >= 4 is 12.0 Å². The van der Waals surface area contributed by atoms with Gasteiger partial charge in [-0.05, 0) is 42.5 Å². The summed E-state index contributed by atoms with van der Waals surface area (Å²) in [5.74, 6) is 0.422. The minimum absolute atomic E-state index is 0.550. The molecule has 0 bridgehead atoms. The molecule has 4 heteroatoms. The normalized spacial score (nSPS) is 14.8. The molecule has 0 saturated heterocycles. The van der Waals surface area contributed by atoms with Crippen molar-refractivity contribution in [2.45, 2.75) is 19.4 Å². The molecule has 0 heterocycles.